The molecule has 0 saturated heterocycles. The zero-order valence-corrected chi connectivity index (χ0v) is 10.5. The summed E-state index contributed by atoms with van der Waals surface area (Å²) in [5, 5.41) is 3.15. The normalized spacial score (nSPS) is 12.4. The van der Waals surface area contributed by atoms with Gasteiger partial charge in [-0.25, -0.2) is 8.78 Å². The van der Waals surface area contributed by atoms with E-state index in [-0.39, 0.29) is 6.10 Å². The van der Waals surface area contributed by atoms with Crippen LogP contribution in [0.1, 0.15) is 12.7 Å². The molecule has 0 aliphatic heterocycles. The lowest BCUT2D eigenvalue weighted by atomic mass is 10.3. The third kappa shape index (κ3) is 4.06. The van der Waals surface area contributed by atoms with Crippen LogP contribution in [-0.2, 0) is 6.54 Å². The van der Waals surface area contributed by atoms with Crippen LogP contribution in [0.2, 0.25) is 0 Å². The minimum atomic E-state index is -0.909. The van der Waals surface area contributed by atoms with Crippen LogP contribution in [-0.4, -0.2) is 12.6 Å². The van der Waals surface area contributed by atoms with Crippen molar-refractivity contribution >= 4 is 0 Å². The Bertz CT molecular complexity index is 514. The summed E-state index contributed by atoms with van der Waals surface area (Å²) in [5.74, 6) is -0.643. The molecule has 0 spiro atoms. The molecule has 1 unspecified atom stereocenters. The van der Waals surface area contributed by atoms with Gasteiger partial charge >= 0.3 is 0 Å². The highest BCUT2D eigenvalue weighted by atomic mass is 19.2. The Morgan fingerprint density at radius 2 is 2.11 bits per heavy atom. The van der Waals surface area contributed by atoms with Crippen LogP contribution in [0.5, 0.6) is 5.75 Å². The van der Waals surface area contributed by atoms with E-state index in [1.165, 1.54) is 6.07 Å². The molecule has 1 aromatic carbocycles. The van der Waals surface area contributed by atoms with E-state index in [0.717, 1.165) is 17.9 Å². The molecule has 19 heavy (non-hydrogen) atoms. The summed E-state index contributed by atoms with van der Waals surface area (Å²) < 4.78 is 36.4. The summed E-state index contributed by atoms with van der Waals surface area (Å²) in [5.41, 5.74) is 0. The third-order valence-corrected chi connectivity index (χ3v) is 2.54. The molecule has 1 heterocycles. The van der Waals surface area contributed by atoms with Gasteiger partial charge in [-0.2, -0.15) is 0 Å². The molecule has 102 valence electrons. The van der Waals surface area contributed by atoms with E-state index in [9.17, 15) is 8.78 Å². The lowest BCUT2D eigenvalue weighted by Gasteiger charge is -2.15. The van der Waals surface area contributed by atoms with Gasteiger partial charge in [0.15, 0.2) is 11.6 Å². The van der Waals surface area contributed by atoms with Crippen molar-refractivity contribution in [3.63, 3.8) is 0 Å². The van der Waals surface area contributed by atoms with Crippen molar-refractivity contribution in [3.8, 4) is 5.75 Å². The van der Waals surface area contributed by atoms with Crippen LogP contribution in [0.4, 0.5) is 8.78 Å². The van der Waals surface area contributed by atoms with Crippen molar-refractivity contribution in [1.29, 1.82) is 0 Å². The average Bonchev–Trinajstić information content (AvgIpc) is 2.87. The van der Waals surface area contributed by atoms with Crippen LogP contribution in [0.15, 0.2) is 41.0 Å². The highest BCUT2D eigenvalue weighted by Crippen LogP contribution is 2.16. The van der Waals surface area contributed by atoms with E-state index >= 15 is 0 Å². The molecule has 0 aliphatic carbocycles. The number of hydrogen-bond donors (Lipinski definition) is 1. The Labute approximate surface area is 110 Å². The van der Waals surface area contributed by atoms with Crippen LogP contribution >= 0.6 is 0 Å². The monoisotopic (exact) mass is 267 g/mol. The number of halogens is 2. The maximum atomic E-state index is 13.0. The first kappa shape index (κ1) is 13.5. The van der Waals surface area contributed by atoms with Gasteiger partial charge in [-0.05, 0) is 31.2 Å². The molecular weight excluding hydrogens is 252 g/mol. The van der Waals surface area contributed by atoms with Gasteiger partial charge in [0.05, 0.1) is 12.8 Å². The zero-order valence-electron chi connectivity index (χ0n) is 10.5. The Hall–Kier alpha value is -1.88. The van der Waals surface area contributed by atoms with Crippen LogP contribution in [0, 0.1) is 11.6 Å². The topological polar surface area (TPSA) is 34.4 Å². The molecule has 0 radical (unpaired) electrons. The Balaban J connectivity index is 1.77. The van der Waals surface area contributed by atoms with Gasteiger partial charge < -0.3 is 14.5 Å². The molecule has 0 fully saturated rings. The fraction of sp³-hybridized carbons (Fsp3) is 0.286. The SMILES string of the molecule is CC(CNCc1ccco1)Oc1ccc(F)c(F)c1. The largest absolute Gasteiger partial charge is 0.489 e. The van der Waals surface area contributed by atoms with Crippen LogP contribution in [0.3, 0.4) is 0 Å². The molecule has 0 aliphatic rings. The quantitative estimate of drug-likeness (QED) is 0.873. The standard InChI is InChI=1S/C14H15F2NO2/c1-10(8-17-9-12-3-2-6-18-12)19-11-4-5-13(15)14(16)7-11/h2-7,10,17H,8-9H2,1H3. The van der Waals surface area contributed by atoms with Crippen LogP contribution < -0.4 is 10.1 Å². The van der Waals surface area contributed by atoms with Crippen molar-refractivity contribution in [3.05, 3.63) is 54.0 Å². The van der Waals surface area contributed by atoms with E-state index < -0.39 is 11.6 Å². The first-order chi connectivity index (χ1) is 9.15. The molecule has 3 nitrogen and oxygen atoms in total. The van der Waals surface area contributed by atoms with Crippen molar-refractivity contribution in [2.45, 2.75) is 19.6 Å². The fourth-order valence-electron chi connectivity index (χ4n) is 1.64. The van der Waals surface area contributed by atoms with Gasteiger partial charge in [-0.1, -0.05) is 0 Å². The van der Waals surface area contributed by atoms with Crippen molar-refractivity contribution in [2.24, 2.45) is 0 Å². The molecule has 0 bridgehead atoms. The van der Waals surface area contributed by atoms with Gasteiger partial charge in [-0.3, -0.25) is 0 Å². The number of benzene rings is 1. The molecule has 0 amide bonds. The van der Waals surface area contributed by atoms with E-state index in [0.29, 0.717) is 18.8 Å². The Kier molecular flexibility index (Phi) is 4.52. The van der Waals surface area contributed by atoms with Gasteiger partial charge in [0.25, 0.3) is 0 Å². The smallest absolute Gasteiger partial charge is 0.162 e. The highest BCUT2D eigenvalue weighted by Gasteiger charge is 2.07. The fourth-order valence-corrected chi connectivity index (χ4v) is 1.64. The number of furan rings is 1. The molecule has 0 saturated carbocycles. The molecule has 1 N–H and O–H groups in total. The molecular formula is C14H15F2NO2. The van der Waals surface area contributed by atoms with Gasteiger partial charge in [0.2, 0.25) is 0 Å². The highest BCUT2D eigenvalue weighted by molar-refractivity contribution is 5.23. The second-order valence-electron chi connectivity index (χ2n) is 4.21. The summed E-state index contributed by atoms with van der Waals surface area (Å²) in [4.78, 5) is 0. The second-order valence-corrected chi connectivity index (χ2v) is 4.21. The number of hydrogen-bond acceptors (Lipinski definition) is 3. The summed E-state index contributed by atoms with van der Waals surface area (Å²) >= 11 is 0. The van der Waals surface area contributed by atoms with Crippen molar-refractivity contribution < 1.29 is 17.9 Å². The van der Waals surface area contributed by atoms with Crippen molar-refractivity contribution in [1.82, 2.24) is 5.32 Å². The second kappa shape index (κ2) is 6.33. The van der Waals surface area contributed by atoms with Gasteiger partial charge in [-0.15, -0.1) is 0 Å². The Morgan fingerprint density at radius 1 is 1.26 bits per heavy atom. The van der Waals surface area contributed by atoms with Gasteiger partial charge in [0.1, 0.15) is 17.6 Å². The first-order valence-electron chi connectivity index (χ1n) is 6.00. The number of rotatable bonds is 6. The third-order valence-electron chi connectivity index (χ3n) is 2.54. The molecule has 1 aromatic heterocycles. The Morgan fingerprint density at radius 3 is 2.79 bits per heavy atom. The van der Waals surface area contributed by atoms with E-state index in [4.69, 9.17) is 9.15 Å². The molecule has 1 atom stereocenters. The summed E-state index contributed by atoms with van der Waals surface area (Å²) in [6.45, 7) is 3.01. The first-order valence-corrected chi connectivity index (χ1v) is 6.00. The lowest BCUT2D eigenvalue weighted by Crippen LogP contribution is -2.28. The number of nitrogens with one attached hydrogen (secondary N) is 1. The molecule has 5 heteroatoms. The molecule has 2 rings (SSSR count). The van der Waals surface area contributed by atoms with E-state index in [1.807, 2.05) is 19.1 Å². The predicted molar refractivity (Wildman–Crippen MR) is 66.9 cm³/mol. The van der Waals surface area contributed by atoms with Crippen molar-refractivity contribution in [2.75, 3.05) is 6.54 Å². The summed E-state index contributed by atoms with van der Waals surface area (Å²) in [6, 6.07) is 7.18. The maximum absolute atomic E-state index is 13.0. The van der Waals surface area contributed by atoms with Gasteiger partial charge in [0, 0.05) is 12.6 Å². The van der Waals surface area contributed by atoms with E-state index in [1.54, 1.807) is 6.26 Å². The predicted octanol–water partition coefficient (Wildman–Crippen LogP) is 3.11. The molecule has 2 aromatic rings. The summed E-state index contributed by atoms with van der Waals surface area (Å²) in [7, 11) is 0. The van der Waals surface area contributed by atoms with Crippen LogP contribution in [0.25, 0.3) is 0 Å². The lowest BCUT2D eigenvalue weighted by molar-refractivity contribution is 0.214. The maximum Gasteiger partial charge on any atom is 0.162 e. The average molecular weight is 267 g/mol. The summed E-state index contributed by atoms with van der Waals surface area (Å²) in [6.07, 6.45) is 1.44. The number of ether oxygens (including phenoxy) is 1. The zero-order chi connectivity index (χ0) is 13.7. The minimum absolute atomic E-state index is 0.167. The minimum Gasteiger partial charge on any atom is -0.489 e. The van der Waals surface area contributed by atoms with E-state index in [2.05, 4.69) is 5.32 Å².